The smallest absolute Gasteiger partial charge is 0.210 e. The molecule has 0 aliphatic rings. The summed E-state index contributed by atoms with van der Waals surface area (Å²) in [4.78, 5) is 19.8. The highest BCUT2D eigenvalue weighted by molar-refractivity contribution is 6.30. The van der Waals surface area contributed by atoms with Crippen LogP contribution in [-0.2, 0) is 0 Å². The number of nitrogens with zero attached hydrogens (tertiary/aromatic N) is 1. The molecule has 6 nitrogen and oxygen atoms in total. The number of fused-ring (bicyclic) bond motifs is 1. The Labute approximate surface area is 149 Å². The highest BCUT2D eigenvalue weighted by Crippen LogP contribution is 2.25. The number of aromatic amines is 1. The Bertz CT molecular complexity index is 1010. The largest absolute Gasteiger partial charge is 0.395 e. The molecule has 0 spiro atoms. The number of nitrogens with two attached hydrogens (primary N) is 1. The van der Waals surface area contributed by atoms with Crippen LogP contribution in [0.1, 0.15) is 17.3 Å². The van der Waals surface area contributed by atoms with E-state index in [1.807, 2.05) is 18.2 Å². The van der Waals surface area contributed by atoms with Gasteiger partial charge in [0.2, 0.25) is 5.78 Å². The van der Waals surface area contributed by atoms with Crippen LogP contribution >= 0.6 is 11.6 Å². The molecule has 3 aromatic rings. The lowest BCUT2D eigenvalue weighted by molar-refractivity contribution is 0.103. The van der Waals surface area contributed by atoms with Crippen molar-refractivity contribution in [2.75, 3.05) is 5.32 Å². The van der Waals surface area contributed by atoms with Gasteiger partial charge >= 0.3 is 0 Å². The summed E-state index contributed by atoms with van der Waals surface area (Å²) in [5.41, 5.74) is 8.54. The minimum absolute atomic E-state index is 0.0154. The summed E-state index contributed by atoms with van der Waals surface area (Å²) >= 11 is 5.99. The second kappa shape index (κ2) is 6.78. The lowest BCUT2D eigenvalue weighted by Crippen LogP contribution is -2.12. The number of aromatic nitrogens is 2. The van der Waals surface area contributed by atoms with Gasteiger partial charge < -0.3 is 21.4 Å². The molecule has 0 bridgehead atoms. The average molecular weight is 354 g/mol. The molecule has 0 saturated carbocycles. The molecular weight excluding hydrogens is 338 g/mol. The number of H-pyrrole nitrogens is 1. The number of pyridine rings is 1. The first-order valence-electron chi connectivity index (χ1n) is 7.51. The maximum absolute atomic E-state index is 12.5. The van der Waals surface area contributed by atoms with Gasteiger partial charge in [0.15, 0.2) is 0 Å². The summed E-state index contributed by atoms with van der Waals surface area (Å²) < 4.78 is 0. The SMILES string of the molecule is CC(=N)/C=C(\N)C(=O)c1c[nH]c2ncc(Nc3cccc(Cl)c3)cc12. The van der Waals surface area contributed by atoms with E-state index < -0.39 is 0 Å². The summed E-state index contributed by atoms with van der Waals surface area (Å²) in [6, 6.07) is 9.12. The van der Waals surface area contributed by atoms with Gasteiger partial charge in [-0.3, -0.25) is 4.79 Å². The minimum Gasteiger partial charge on any atom is -0.395 e. The summed E-state index contributed by atoms with van der Waals surface area (Å²) in [6.07, 6.45) is 4.57. The molecule has 0 radical (unpaired) electrons. The van der Waals surface area contributed by atoms with Crippen molar-refractivity contribution in [2.45, 2.75) is 6.92 Å². The van der Waals surface area contributed by atoms with E-state index in [4.69, 9.17) is 22.7 Å². The minimum atomic E-state index is -0.348. The maximum Gasteiger partial charge on any atom is 0.210 e. The van der Waals surface area contributed by atoms with Crippen LogP contribution in [0, 0.1) is 5.41 Å². The van der Waals surface area contributed by atoms with Gasteiger partial charge in [0.25, 0.3) is 0 Å². The van der Waals surface area contributed by atoms with Gasteiger partial charge in [-0.1, -0.05) is 17.7 Å². The number of nitrogens with one attached hydrogen (secondary N) is 3. The highest BCUT2D eigenvalue weighted by atomic mass is 35.5. The maximum atomic E-state index is 12.5. The van der Waals surface area contributed by atoms with Crippen LogP contribution in [-0.4, -0.2) is 21.5 Å². The zero-order valence-electron chi connectivity index (χ0n) is 13.4. The summed E-state index contributed by atoms with van der Waals surface area (Å²) in [7, 11) is 0. The quantitative estimate of drug-likeness (QED) is 0.315. The Morgan fingerprint density at radius 2 is 2.16 bits per heavy atom. The zero-order valence-corrected chi connectivity index (χ0v) is 14.2. The number of carbonyl (C=O) groups is 1. The summed E-state index contributed by atoms with van der Waals surface area (Å²) in [5.74, 6) is -0.348. The molecule has 126 valence electrons. The first kappa shape index (κ1) is 16.7. The van der Waals surface area contributed by atoms with Crippen molar-refractivity contribution in [1.29, 1.82) is 5.41 Å². The van der Waals surface area contributed by atoms with E-state index in [1.54, 1.807) is 31.5 Å². The molecule has 0 amide bonds. The fourth-order valence-electron chi connectivity index (χ4n) is 2.45. The number of carbonyl (C=O) groups excluding carboxylic acids is 1. The number of benzene rings is 1. The predicted molar refractivity (Wildman–Crippen MR) is 101 cm³/mol. The van der Waals surface area contributed by atoms with E-state index in [9.17, 15) is 4.79 Å². The Kier molecular flexibility index (Phi) is 4.54. The zero-order chi connectivity index (χ0) is 18.0. The Balaban J connectivity index is 1.97. The number of allylic oxidation sites excluding steroid dienone is 2. The first-order chi connectivity index (χ1) is 11.9. The van der Waals surface area contributed by atoms with Crippen molar-refractivity contribution in [3.8, 4) is 0 Å². The van der Waals surface area contributed by atoms with Gasteiger partial charge in [-0.2, -0.15) is 0 Å². The fourth-order valence-corrected chi connectivity index (χ4v) is 2.64. The standard InChI is InChI=1S/C18H16ClN5O/c1-10(20)5-16(21)17(25)15-9-23-18-14(15)7-13(8-22-18)24-12-4-2-3-11(19)6-12/h2-9,20,24H,21H2,1H3,(H,22,23)/b16-5-,20-10?. The van der Waals surface area contributed by atoms with Crippen molar-refractivity contribution in [3.63, 3.8) is 0 Å². The van der Waals surface area contributed by atoms with Gasteiger partial charge in [0.05, 0.1) is 23.1 Å². The average Bonchev–Trinajstić information content (AvgIpc) is 2.96. The van der Waals surface area contributed by atoms with E-state index in [-0.39, 0.29) is 17.2 Å². The van der Waals surface area contributed by atoms with Crippen LogP contribution in [0.15, 0.2) is 54.5 Å². The van der Waals surface area contributed by atoms with Gasteiger partial charge in [-0.05, 0) is 37.3 Å². The molecule has 0 saturated heterocycles. The van der Waals surface area contributed by atoms with E-state index in [1.165, 1.54) is 6.08 Å². The number of hydrogen-bond donors (Lipinski definition) is 4. The molecule has 0 unspecified atom stereocenters. The lowest BCUT2D eigenvalue weighted by Gasteiger charge is -2.07. The third kappa shape index (κ3) is 3.70. The van der Waals surface area contributed by atoms with Gasteiger partial charge in [-0.25, -0.2) is 4.98 Å². The molecule has 0 atom stereocenters. The van der Waals surface area contributed by atoms with E-state index in [0.29, 0.717) is 27.3 Å². The molecule has 7 heteroatoms. The van der Waals surface area contributed by atoms with Crippen molar-refractivity contribution >= 4 is 45.5 Å². The Hall–Kier alpha value is -3.12. The second-order valence-corrected chi connectivity index (χ2v) is 6.01. The lowest BCUT2D eigenvalue weighted by atomic mass is 10.1. The predicted octanol–water partition coefficient (Wildman–Crippen LogP) is 4.02. The highest BCUT2D eigenvalue weighted by Gasteiger charge is 2.16. The van der Waals surface area contributed by atoms with E-state index >= 15 is 0 Å². The third-order valence-electron chi connectivity index (χ3n) is 3.52. The van der Waals surface area contributed by atoms with Gasteiger partial charge in [0, 0.05) is 28.0 Å². The topological polar surface area (TPSA) is 108 Å². The van der Waals surface area contributed by atoms with Gasteiger partial charge in [-0.15, -0.1) is 0 Å². The molecule has 2 heterocycles. The van der Waals surface area contributed by atoms with Crippen LogP contribution in [0.25, 0.3) is 11.0 Å². The molecule has 25 heavy (non-hydrogen) atoms. The second-order valence-electron chi connectivity index (χ2n) is 5.57. The van der Waals surface area contributed by atoms with Crippen molar-refractivity contribution < 1.29 is 4.79 Å². The fraction of sp³-hybridized carbons (Fsp3) is 0.0556. The molecule has 0 fully saturated rings. The number of ketones is 1. The van der Waals surface area contributed by atoms with Crippen LogP contribution in [0.4, 0.5) is 11.4 Å². The number of Topliss-reactive ketones (excluding diaryl/α,β-unsaturated/α-hetero) is 1. The number of anilines is 2. The van der Waals surface area contributed by atoms with E-state index in [0.717, 1.165) is 5.69 Å². The summed E-state index contributed by atoms with van der Waals surface area (Å²) in [6.45, 7) is 1.56. The monoisotopic (exact) mass is 353 g/mol. The van der Waals surface area contributed by atoms with Crippen LogP contribution in [0.2, 0.25) is 5.02 Å². The van der Waals surface area contributed by atoms with Crippen molar-refractivity contribution in [3.05, 3.63) is 65.1 Å². The first-order valence-corrected chi connectivity index (χ1v) is 7.88. The molecule has 3 rings (SSSR count). The van der Waals surface area contributed by atoms with Crippen LogP contribution < -0.4 is 11.1 Å². The normalized spacial score (nSPS) is 11.5. The number of hydrogen-bond acceptors (Lipinski definition) is 5. The molecule has 1 aromatic carbocycles. The molecule has 5 N–H and O–H groups in total. The van der Waals surface area contributed by atoms with Crippen LogP contribution in [0.3, 0.4) is 0 Å². The third-order valence-corrected chi connectivity index (χ3v) is 3.76. The van der Waals surface area contributed by atoms with E-state index in [2.05, 4.69) is 15.3 Å². The molecule has 0 aliphatic carbocycles. The van der Waals surface area contributed by atoms with Crippen molar-refractivity contribution in [2.24, 2.45) is 5.73 Å². The molecule has 0 aliphatic heterocycles. The molecule has 2 aromatic heterocycles. The molecular formula is C18H16ClN5O. The number of rotatable bonds is 5. The Morgan fingerprint density at radius 3 is 2.88 bits per heavy atom. The summed E-state index contributed by atoms with van der Waals surface area (Å²) in [5, 5.41) is 11.9. The van der Waals surface area contributed by atoms with Crippen molar-refractivity contribution in [1.82, 2.24) is 9.97 Å². The van der Waals surface area contributed by atoms with Crippen LogP contribution in [0.5, 0.6) is 0 Å². The number of halogens is 1. The Morgan fingerprint density at radius 1 is 1.36 bits per heavy atom. The van der Waals surface area contributed by atoms with Gasteiger partial charge in [0.1, 0.15) is 5.65 Å².